The van der Waals surface area contributed by atoms with Crippen molar-refractivity contribution in [3.8, 4) is 0 Å². The molecule has 0 bridgehead atoms. The van der Waals surface area contributed by atoms with Gasteiger partial charge < -0.3 is 15.7 Å². The Labute approximate surface area is 113 Å². The van der Waals surface area contributed by atoms with Gasteiger partial charge in [-0.25, -0.2) is 0 Å². The lowest BCUT2D eigenvalue weighted by Crippen LogP contribution is -2.24. The van der Waals surface area contributed by atoms with Gasteiger partial charge in [0, 0.05) is 30.8 Å². The molecular weight excluding hydrogens is 244 g/mol. The minimum absolute atomic E-state index is 0.0221. The molecular formula is C14H20N2O3. The van der Waals surface area contributed by atoms with Crippen LogP contribution in [0, 0.1) is 6.92 Å². The van der Waals surface area contributed by atoms with E-state index in [9.17, 15) is 9.59 Å². The van der Waals surface area contributed by atoms with Gasteiger partial charge in [-0.2, -0.15) is 0 Å². The SMILES string of the molecule is Cc1ccc(C(=O)CCN(C)CCC(=O)O)cc1N. The Balaban J connectivity index is 2.46. The molecule has 1 rings (SSSR count). The van der Waals surface area contributed by atoms with Gasteiger partial charge in [0.05, 0.1) is 6.42 Å². The molecule has 5 nitrogen and oxygen atoms in total. The maximum atomic E-state index is 12.0. The minimum Gasteiger partial charge on any atom is -0.481 e. The molecule has 0 saturated carbocycles. The molecule has 104 valence electrons. The second-order valence-electron chi connectivity index (χ2n) is 4.69. The predicted molar refractivity (Wildman–Crippen MR) is 74.3 cm³/mol. The lowest BCUT2D eigenvalue weighted by atomic mass is 10.0. The van der Waals surface area contributed by atoms with Crippen molar-refractivity contribution in [2.75, 3.05) is 25.9 Å². The molecule has 0 radical (unpaired) electrons. The number of carbonyl (C=O) groups is 2. The molecule has 1 aromatic carbocycles. The molecule has 19 heavy (non-hydrogen) atoms. The van der Waals surface area contributed by atoms with Crippen molar-refractivity contribution in [3.05, 3.63) is 29.3 Å². The van der Waals surface area contributed by atoms with Crippen LogP contribution in [0.15, 0.2) is 18.2 Å². The maximum Gasteiger partial charge on any atom is 0.304 e. The van der Waals surface area contributed by atoms with E-state index in [2.05, 4.69) is 0 Å². The van der Waals surface area contributed by atoms with Crippen LogP contribution in [-0.2, 0) is 4.79 Å². The number of Topliss-reactive ketones (excluding diaryl/α,β-unsaturated/α-hetero) is 1. The van der Waals surface area contributed by atoms with E-state index in [-0.39, 0.29) is 12.2 Å². The van der Waals surface area contributed by atoms with Crippen LogP contribution >= 0.6 is 0 Å². The van der Waals surface area contributed by atoms with E-state index < -0.39 is 5.97 Å². The molecule has 0 aliphatic heterocycles. The molecule has 1 aromatic rings. The third kappa shape index (κ3) is 5.09. The van der Waals surface area contributed by atoms with Crippen LogP contribution < -0.4 is 5.73 Å². The highest BCUT2D eigenvalue weighted by Crippen LogP contribution is 2.14. The monoisotopic (exact) mass is 264 g/mol. The number of hydrogen-bond acceptors (Lipinski definition) is 4. The Morgan fingerprint density at radius 3 is 2.47 bits per heavy atom. The molecule has 3 N–H and O–H groups in total. The number of nitrogen functional groups attached to an aromatic ring is 1. The molecule has 0 amide bonds. The quantitative estimate of drug-likeness (QED) is 0.576. The fraction of sp³-hybridized carbons (Fsp3) is 0.429. The molecule has 0 saturated heterocycles. The van der Waals surface area contributed by atoms with E-state index in [1.807, 2.05) is 17.9 Å². The van der Waals surface area contributed by atoms with E-state index in [0.717, 1.165) is 5.56 Å². The third-order valence-corrected chi connectivity index (χ3v) is 3.03. The molecule has 0 aliphatic rings. The average Bonchev–Trinajstić information content (AvgIpc) is 2.36. The molecule has 0 fully saturated rings. The topological polar surface area (TPSA) is 83.6 Å². The summed E-state index contributed by atoms with van der Waals surface area (Å²) >= 11 is 0. The summed E-state index contributed by atoms with van der Waals surface area (Å²) in [5, 5.41) is 8.57. The Morgan fingerprint density at radius 2 is 1.89 bits per heavy atom. The van der Waals surface area contributed by atoms with Crippen LogP contribution in [-0.4, -0.2) is 41.9 Å². The zero-order chi connectivity index (χ0) is 14.4. The van der Waals surface area contributed by atoms with Gasteiger partial charge in [-0.3, -0.25) is 9.59 Å². The van der Waals surface area contributed by atoms with Crippen molar-refractivity contribution in [2.45, 2.75) is 19.8 Å². The lowest BCUT2D eigenvalue weighted by Gasteiger charge is -2.14. The summed E-state index contributed by atoms with van der Waals surface area (Å²) in [6, 6.07) is 5.29. The first-order chi connectivity index (χ1) is 8.90. The molecule has 0 heterocycles. The molecule has 0 aromatic heterocycles. The highest BCUT2D eigenvalue weighted by molar-refractivity contribution is 5.97. The summed E-state index contributed by atoms with van der Waals surface area (Å²) in [6.45, 7) is 2.88. The summed E-state index contributed by atoms with van der Waals surface area (Å²) in [4.78, 5) is 24.2. The van der Waals surface area contributed by atoms with Gasteiger partial charge in [0.1, 0.15) is 0 Å². The van der Waals surface area contributed by atoms with Crippen molar-refractivity contribution in [3.63, 3.8) is 0 Å². The van der Waals surface area contributed by atoms with Crippen LogP contribution in [0.2, 0.25) is 0 Å². The number of aryl methyl sites for hydroxylation is 1. The fourth-order valence-electron chi connectivity index (χ4n) is 1.65. The number of ketones is 1. The second kappa shape index (κ2) is 6.89. The third-order valence-electron chi connectivity index (χ3n) is 3.03. The number of nitrogens with zero attached hydrogens (tertiary/aromatic N) is 1. The standard InChI is InChI=1S/C14H20N2O3/c1-10-3-4-11(9-12(10)15)13(17)5-7-16(2)8-6-14(18)19/h3-4,9H,5-8,15H2,1-2H3,(H,18,19). The number of nitrogens with two attached hydrogens (primary N) is 1. The van der Waals surface area contributed by atoms with Crippen LogP contribution in [0.1, 0.15) is 28.8 Å². The number of hydrogen-bond donors (Lipinski definition) is 2. The highest BCUT2D eigenvalue weighted by Gasteiger charge is 2.09. The minimum atomic E-state index is -0.829. The van der Waals surface area contributed by atoms with Gasteiger partial charge in [-0.15, -0.1) is 0 Å². The van der Waals surface area contributed by atoms with Crippen molar-refractivity contribution in [1.29, 1.82) is 0 Å². The normalized spacial score (nSPS) is 10.7. The van der Waals surface area contributed by atoms with Crippen LogP contribution in [0.3, 0.4) is 0 Å². The summed E-state index contributed by atoms with van der Waals surface area (Å²) in [6.07, 6.45) is 0.445. The number of carboxylic acids is 1. The second-order valence-corrected chi connectivity index (χ2v) is 4.69. The summed E-state index contributed by atoms with van der Waals surface area (Å²) < 4.78 is 0. The van der Waals surface area contributed by atoms with Gasteiger partial charge in [-0.05, 0) is 25.6 Å². The van der Waals surface area contributed by atoms with Crippen LogP contribution in [0.4, 0.5) is 5.69 Å². The molecule has 0 aliphatic carbocycles. The number of benzene rings is 1. The predicted octanol–water partition coefficient (Wildman–Crippen LogP) is 1.56. The molecule has 0 atom stereocenters. The van der Waals surface area contributed by atoms with E-state index in [1.165, 1.54) is 0 Å². The average molecular weight is 264 g/mol. The highest BCUT2D eigenvalue weighted by atomic mass is 16.4. The van der Waals surface area contributed by atoms with Gasteiger partial charge in [-0.1, -0.05) is 12.1 Å². The first kappa shape index (κ1) is 15.2. The van der Waals surface area contributed by atoms with Crippen molar-refractivity contribution < 1.29 is 14.7 Å². The maximum absolute atomic E-state index is 12.0. The van der Waals surface area contributed by atoms with Gasteiger partial charge >= 0.3 is 5.97 Å². The Morgan fingerprint density at radius 1 is 1.26 bits per heavy atom. The fourth-order valence-corrected chi connectivity index (χ4v) is 1.65. The van der Waals surface area contributed by atoms with E-state index in [0.29, 0.717) is 30.8 Å². The van der Waals surface area contributed by atoms with Crippen molar-refractivity contribution in [2.24, 2.45) is 0 Å². The van der Waals surface area contributed by atoms with Gasteiger partial charge in [0.2, 0.25) is 0 Å². The Hall–Kier alpha value is -1.88. The Kier molecular flexibility index (Phi) is 5.51. The van der Waals surface area contributed by atoms with Crippen molar-refractivity contribution in [1.82, 2.24) is 4.90 Å². The van der Waals surface area contributed by atoms with E-state index >= 15 is 0 Å². The number of carboxylic acid groups (broad SMARTS) is 1. The summed E-state index contributed by atoms with van der Waals surface area (Å²) in [7, 11) is 1.81. The number of anilines is 1. The van der Waals surface area contributed by atoms with E-state index in [1.54, 1.807) is 19.2 Å². The summed E-state index contributed by atoms with van der Waals surface area (Å²) in [5.41, 5.74) is 7.94. The van der Waals surface area contributed by atoms with Gasteiger partial charge in [0.25, 0.3) is 0 Å². The zero-order valence-electron chi connectivity index (χ0n) is 11.3. The number of aliphatic carboxylic acids is 1. The first-order valence-electron chi connectivity index (χ1n) is 6.20. The Bertz CT molecular complexity index is 472. The lowest BCUT2D eigenvalue weighted by molar-refractivity contribution is -0.137. The first-order valence-corrected chi connectivity index (χ1v) is 6.20. The number of rotatable bonds is 7. The molecule has 0 unspecified atom stereocenters. The summed E-state index contributed by atoms with van der Waals surface area (Å²) in [5.74, 6) is -0.807. The molecule has 5 heteroatoms. The number of carbonyl (C=O) groups excluding carboxylic acids is 1. The van der Waals surface area contributed by atoms with E-state index in [4.69, 9.17) is 10.8 Å². The van der Waals surface area contributed by atoms with Crippen LogP contribution in [0.25, 0.3) is 0 Å². The van der Waals surface area contributed by atoms with Crippen LogP contribution in [0.5, 0.6) is 0 Å². The zero-order valence-corrected chi connectivity index (χ0v) is 11.3. The smallest absolute Gasteiger partial charge is 0.304 e. The van der Waals surface area contributed by atoms with Crippen molar-refractivity contribution >= 4 is 17.4 Å². The largest absolute Gasteiger partial charge is 0.481 e. The van der Waals surface area contributed by atoms with Gasteiger partial charge in [0.15, 0.2) is 5.78 Å². The molecule has 0 spiro atoms.